The third kappa shape index (κ3) is 45.3. The van der Waals surface area contributed by atoms with E-state index in [1.165, 1.54) is 17.9 Å². The zero-order valence-electron chi connectivity index (χ0n) is 17.8. The van der Waals surface area contributed by atoms with Gasteiger partial charge in [0, 0.05) is 11.6 Å². The van der Waals surface area contributed by atoms with Crippen molar-refractivity contribution in [3.8, 4) is 0 Å². The predicted octanol–water partition coefficient (Wildman–Crippen LogP) is -2.67. The molecule has 27 heavy (non-hydrogen) atoms. The Hall–Kier alpha value is -2.12. The molecule has 0 unspecified atom stereocenters. The minimum absolute atomic E-state index is 0. The lowest BCUT2D eigenvalue weighted by atomic mass is 10.3. The maximum Gasteiger partial charge on any atom is 0.333 e. The van der Waals surface area contributed by atoms with Crippen LogP contribution in [0.5, 0.6) is 0 Å². The maximum absolute atomic E-state index is 10.4. The number of esters is 2. The zero-order chi connectivity index (χ0) is 21.7. The molecular weight excluding hydrogens is 374 g/mol. The second-order valence-corrected chi connectivity index (χ2v) is 5.22. The number of carboxylic acids is 1. The van der Waals surface area contributed by atoms with Gasteiger partial charge >= 0.3 is 11.9 Å². The van der Waals surface area contributed by atoms with Crippen LogP contribution in [0.25, 0.3) is 0 Å². The third-order valence-corrected chi connectivity index (χ3v) is 1.83. The van der Waals surface area contributed by atoms with Gasteiger partial charge in [0.25, 0.3) is 0 Å². The molecule has 0 bridgehead atoms. The molecule has 0 heterocycles. The normalized spacial score (nSPS) is 8.70. The molecule has 7 nitrogen and oxygen atoms in total. The van der Waals surface area contributed by atoms with E-state index in [2.05, 4.69) is 43.8 Å². The standard InChI is InChI=1S/C6H10O2.2C5H8O2.C3H9N.ClH/c1-4-8-6(7)5(2)3;1-3-5(6)7-4-2;1-3-4(2)5(6)7;1-4(2)3;/h2,4H2,1,3H3;3H,1,4H2,2H3;3H,1-2H3,(H,6,7);1-3H3;1H/p-1. The summed E-state index contributed by atoms with van der Waals surface area (Å²) in [5.41, 5.74) is 0.729. The highest BCUT2D eigenvalue weighted by molar-refractivity contribution is 5.86. The van der Waals surface area contributed by atoms with Gasteiger partial charge in [-0.2, -0.15) is 0 Å². The molecule has 0 aliphatic carbocycles. The minimum atomic E-state index is -1.09. The molecule has 0 radical (unpaired) electrons. The van der Waals surface area contributed by atoms with Crippen molar-refractivity contribution in [2.24, 2.45) is 0 Å². The van der Waals surface area contributed by atoms with Crippen LogP contribution in [0.3, 0.4) is 0 Å². The molecule has 0 saturated carbocycles. The van der Waals surface area contributed by atoms with E-state index in [0.717, 1.165) is 6.08 Å². The quantitative estimate of drug-likeness (QED) is 0.393. The van der Waals surface area contributed by atoms with Crippen LogP contribution in [0.15, 0.2) is 36.5 Å². The molecule has 0 rings (SSSR count). The lowest BCUT2D eigenvalue weighted by Crippen LogP contribution is -3.02. The van der Waals surface area contributed by atoms with E-state index in [0.29, 0.717) is 18.8 Å². The molecule has 0 aromatic heterocycles. The summed E-state index contributed by atoms with van der Waals surface area (Å²) in [6.07, 6.45) is 2.64. The molecule has 0 fully saturated rings. The monoisotopic (exact) mass is 408 g/mol. The fourth-order valence-electron chi connectivity index (χ4n) is 0.573. The van der Waals surface area contributed by atoms with Gasteiger partial charge < -0.3 is 36.7 Å². The van der Waals surface area contributed by atoms with Gasteiger partial charge in [-0.3, -0.25) is 0 Å². The van der Waals surface area contributed by atoms with Crippen LogP contribution in [0.1, 0.15) is 34.6 Å². The first-order chi connectivity index (χ1) is 11.9. The van der Waals surface area contributed by atoms with Crippen molar-refractivity contribution in [1.29, 1.82) is 0 Å². The molecule has 0 atom stereocenters. The Morgan fingerprint density at radius 2 is 1.41 bits per heavy atom. The Morgan fingerprint density at radius 3 is 1.48 bits per heavy atom. The number of nitrogens with one attached hydrogen (secondary N) is 1. The van der Waals surface area contributed by atoms with Crippen molar-refractivity contribution in [3.63, 3.8) is 0 Å². The smallest absolute Gasteiger partial charge is 0.333 e. The summed E-state index contributed by atoms with van der Waals surface area (Å²) >= 11 is 0. The number of carbonyl (C=O) groups excluding carboxylic acids is 3. The van der Waals surface area contributed by atoms with E-state index < -0.39 is 5.97 Å². The van der Waals surface area contributed by atoms with Crippen LogP contribution in [-0.4, -0.2) is 52.3 Å². The molecular formula is C19H35ClNO6-. The molecule has 0 aromatic carbocycles. The van der Waals surface area contributed by atoms with Crippen LogP contribution < -0.4 is 22.4 Å². The fraction of sp³-hybridized carbons (Fsp3) is 0.526. The Labute approximate surface area is 170 Å². The molecule has 1 N–H and O–H groups in total. The summed E-state index contributed by atoms with van der Waals surface area (Å²) in [5.74, 6) is -1.77. The van der Waals surface area contributed by atoms with Crippen LogP contribution in [0.2, 0.25) is 0 Å². The van der Waals surface area contributed by atoms with Gasteiger partial charge in [0.15, 0.2) is 0 Å². The predicted molar refractivity (Wildman–Crippen MR) is 101 cm³/mol. The Balaban J connectivity index is -0.0000000806. The second kappa shape index (κ2) is 26.1. The largest absolute Gasteiger partial charge is 1.00 e. The third-order valence-electron chi connectivity index (χ3n) is 1.83. The molecule has 8 heteroatoms. The highest BCUT2D eigenvalue weighted by Gasteiger charge is 1.98. The van der Waals surface area contributed by atoms with Gasteiger partial charge in [-0.15, -0.1) is 0 Å². The molecule has 0 aromatic rings. The first kappa shape index (κ1) is 35.9. The first-order valence-corrected chi connectivity index (χ1v) is 8.13. The van der Waals surface area contributed by atoms with Crippen LogP contribution in [0, 0.1) is 0 Å². The van der Waals surface area contributed by atoms with Gasteiger partial charge in [0.05, 0.1) is 40.3 Å². The fourth-order valence-corrected chi connectivity index (χ4v) is 0.573. The number of hydrogen-bond acceptors (Lipinski definition) is 6. The van der Waals surface area contributed by atoms with Crippen LogP contribution in [0.4, 0.5) is 0 Å². The number of carbonyl (C=O) groups is 3. The van der Waals surface area contributed by atoms with Crippen molar-refractivity contribution < 1.29 is 46.3 Å². The average Bonchev–Trinajstić information content (AvgIpc) is 2.54. The first-order valence-electron chi connectivity index (χ1n) is 8.13. The number of ether oxygens (including phenoxy) is 2. The number of halogens is 1. The lowest BCUT2D eigenvalue weighted by Gasteiger charge is -1.96. The molecule has 160 valence electrons. The minimum Gasteiger partial charge on any atom is -1.00 e. The summed E-state index contributed by atoms with van der Waals surface area (Å²) in [4.78, 5) is 31.7. The lowest BCUT2D eigenvalue weighted by molar-refractivity contribution is -0.836. The number of carboxylic acid groups (broad SMARTS) is 1. The molecule has 0 amide bonds. The number of rotatable bonds is 5. The van der Waals surface area contributed by atoms with E-state index in [1.54, 1.807) is 27.7 Å². The maximum atomic E-state index is 10.4. The molecule has 0 aliphatic heterocycles. The number of allylic oxidation sites excluding steroid dienone is 1. The Bertz CT molecular complexity index is 456. The number of hydrogen-bond donors (Lipinski definition) is 1. The summed E-state index contributed by atoms with van der Waals surface area (Å²) < 4.78 is 9.00. The summed E-state index contributed by atoms with van der Waals surface area (Å²) in [5, 5.41) is 9.75. The van der Waals surface area contributed by atoms with E-state index in [9.17, 15) is 19.5 Å². The van der Waals surface area contributed by atoms with E-state index in [1.807, 2.05) is 0 Å². The Kier molecular flexibility index (Phi) is 34.7. The molecule has 0 aliphatic rings. The average molecular weight is 409 g/mol. The van der Waals surface area contributed by atoms with Crippen LogP contribution >= 0.6 is 0 Å². The topological polar surface area (TPSA) is 97.2 Å². The van der Waals surface area contributed by atoms with Gasteiger partial charge in [0.1, 0.15) is 0 Å². The second-order valence-electron chi connectivity index (χ2n) is 5.22. The van der Waals surface area contributed by atoms with Gasteiger partial charge in [-0.05, 0) is 40.2 Å². The highest BCUT2D eigenvalue weighted by atomic mass is 35.5. The van der Waals surface area contributed by atoms with Gasteiger partial charge in [-0.1, -0.05) is 19.2 Å². The van der Waals surface area contributed by atoms with Gasteiger partial charge in [-0.25, -0.2) is 9.59 Å². The summed E-state index contributed by atoms with van der Waals surface area (Å²) in [6.45, 7) is 15.7. The Morgan fingerprint density at radius 1 is 1.04 bits per heavy atom. The molecule has 0 spiro atoms. The van der Waals surface area contributed by atoms with Crippen molar-refractivity contribution in [1.82, 2.24) is 0 Å². The van der Waals surface area contributed by atoms with E-state index in [-0.39, 0.29) is 29.9 Å². The summed E-state index contributed by atoms with van der Waals surface area (Å²) in [6, 6.07) is 0. The van der Waals surface area contributed by atoms with Crippen LogP contribution in [-0.2, 0) is 23.9 Å². The SMILES string of the molecule is C=C(C)C(=O)OCC.C=CC(=O)OCC.CC=C(C)C(=O)[O-].C[NH+](C)C.[Cl-]. The van der Waals surface area contributed by atoms with E-state index >= 15 is 0 Å². The van der Waals surface area contributed by atoms with Crippen molar-refractivity contribution >= 4 is 17.9 Å². The summed E-state index contributed by atoms with van der Waals surface area (Å²) in [7, 11) is 6.25. The van der Waals surface area contributed by atoms with E-state index in [4.69, 9.17) is 0 Å². The number of aliphatic carboxylic acids is 1. The van der Waals surface area contributed by atoms with Crippen molar-refractivity contribution in [2.45, 2.75) is 34.6 Å². The zero-order valence-corrected chi connectivity index (χ0v) is 18.6. The number of quaternary nitrogens is 1. The van der Waals surface area contributed by atoms with Crippen molar-refractivity contribution in [2.75, 3.05) is 34.4 Å². The highest BCUT2D eigenvalue weighted by Crippen LogP contribution is 1.89. The molecule has 0 saturated heterocycles. The van der Waals surface area contributed by atoms with Crippen molar-refractivity contribution in [3.05, 3.63) is 36.5 Å². The van der Waals surface area contributed by atoms with Gasteiger partial charge in [0.2, 0.25) is 0 Å².